The third-order valence-corrected chi connectivity index (χ3v) is 5.90. The van der Waals surface area contributed by atoms with Gasteiger partial charge in [0.05, 0.1) is 15.3 Å². The fraction of sp³-hybridized carbons (Fsp3) is 0.538. The maximum Gasteiger partial charge on any atom is 0.150 e. The van der Waals surface area contributed by atoms with Gasteiger partial charge in [-0.05, 0) is 37.5 Å². The molecule has 0 radical (unpaired) electrons. The molecule has 1 aliphatic rings. The van der Waals surface area contributed by atoms with Crippen LogP contribution in [0.15, 0.2) is 18.2 Å². The Morgan fingerprint density at radius 2 is 1.95 bits per heavy atom. The van der Waals surface area contributed by atoms with Gasteiger partial charge in [0.15, 0.2) is 0 Å². The van der Waals surface area contributed by atoms with Crippen LogP contribution >= 0.6 is 23.2 Å². The van der Waals surface area contributed by atoms with Crippen LogP contribution in [-0.2, 0) is 9.84 Å². The monoisotopic (exact) mass is 321 g/mol. The molecule has 2 rings (SSSR count). The summed E-state index contributed by atoms with van der Waals surface area (Å²) < 4.78 is 23.2. The molecule has 0 saturated heterocycles. The van der Waals surface area contributed by atoms with E-state index in [0.29, 0.717) is 16.5 Å². The summed E-state index contributed by atoms with van der Waals surface area (Å²) in [6, 6.07) is 5.54. The van der Waals surface area contributed by atoms with E-state index >= 15 is 0 Å². The molecule has 2 unspecified atom stereocenters. The zero-order valence-corrected chi connectivity index (χ0v) is 13.0. The summed E-state index contributed by atoms with van der Waals surface area (Å²) in [6.45, 7) is 0. The first-order chi connectivity index (χ1) is 8.86. The van der Waals surface area contributed by atoms with Gasteiger partial charge in [-0.25, -0.2) is 8.42 Å². The topological polar surface area (TPSA) is 46.2 Å². The molecule has 0 amide bonds. The Morgan fingerprint density at radius 3 is 2.58 bits per heavy atom. The van der Waals surface area contributed by atoms with Crippen LogP contribution in [0, 0.1) is 0 Å². The normalized spacial score (nSPS) is 24.2. The van der Waals surface area contributed by atoms with Gasteiger partial charge in [0.1, 0.15) is 9.84 Å². The van der Waals surface area contributed by atoms with Gasteiger partial charge in [0, 0.05) is 18.0 Å². The predicted octanol–water partition coefficient (Wildman–Crippen LogP) is 3.76. The van der Waals surface area contributed by atoms with E-state index in [0.717, 1.165) is 24.9 Å². The number of benzene rings is 1. The van der Waals surface area contributed by atoms with Crippen LogP contribution in [0.4, 0.5) is 5.69 Å². The van der Waals surface area contributed by atoms with Gasteiger partial charge in [0.2, 0.25) is 0 Å². The van der Waals surface area contributed by atoms with Crippen molar-refractivity contribution in [2.24, 2.45) is 0 Å². The van der Waals surface area contributed by atoms with Gasteiger partial charge < -0.3 is 5.32 Å². The number of hydrogen-bond acceptors (Lipinski definition) is 3. The van der Waals surface area contributed by atoms with Crippen LogP contribution in [0.3, 0.4) is 0 Å². The lowest BCUT2D eigenvalue weighted by atomic mass is 9.95. The van der Waals surface area contributed by atoms with Gasteiger partial charge in [0.25, 0.3) is 0 Å². The van der Waals surface area contributed by atoms with Gasteiger partial charge in [-0.15, -0.1) is 0 Å². The van der Waals surface area contributed by atoms with Crippen molar-refractivity contribution in [2.45, 2.75) is 37.0 Å². The van der Waals surface area contributed by atoms with E-state index < -0.39 is 9.84 Å². The molecule has 0 aliphatic heterocycles. The SMILES string of the molecule is CS(=O)(=O)C1CCCC(Nc2ccc(Cl)c(Cl)c2)C1. The van der Waals surface area contributed by atoms with E-state index in [9.17, 15) is 8.42 Å². The number of halogens is 2. The standard InChI is InChI=1S/C13H17Cl2NO2S/c1-19(17,18)11-4-2-3-9(7-11)16-10-5-6-12(14)13(15)8-10/h5-6,8-9,11,16H,2-4,7H2,1H3. The molecule has 6 heteroatoms. The quantitative estimate of drug-likeness (QED) is 0.921. The highest BCUT2D eigenvalue weighted by Crippen LogP contribution is 2.29. The Balaban J connectivity index is 2.04. The van der Waals surface area contributed by atoms with Gasteiger partial charge >= 0.3 is 0 Å². The molecular formula is C13H17Cl2NO2S. The summed E-state index contributed by atoms with van der Waals surface area (Å²) in [5, 5.41) is 4.13. The lowest BCUT2D eigenvalue weighted by Crippen LogP contribution is -2.34. The van der Waals surface area contributed by atoms with Crippen molar-refractivity contribution >= 4 is 38.7 Å². The average Bonchev–Trinajstić information content (AvgIpc) is 2.33. The third-order valence-electron chi connectivity index (χ3n) is 3.52. The van der Waals surface area contributed by atoms with Crippen molar-refractivity contribution in [1.29, 1.82) is 0 Å². The lowest BCUT2D eigenvalue weighted by molar-refractivity contribution is 0.453. The molecule has 1 N–H and O–H groups in total. The molecule has 19 heavy (non-hydrogen) atoms. The summed E-state index contributed by atoms with van der Waals surface area (Å²) >= 11 is 11.8. The van der Waals surface area contributed by atoms with Crippen LogP contribution in [0.5, 0.6) is 0 Å². The lowest BCUT2D eigenvalue weighted by Gasteiger charge is -2.29. The molecule has 0 spiro atoms. The molecule has 2 atom stereocenters. The van der Waals surface area contributed by atoms with Crippen LogP contribution in [0.1, 0.15) is 25.7 Å². The van der Waals surface area contributed by atoms with E-state index in [2.05, 4.69) is 5.32 Å². The Morgan fingerprint density at radius 1 is 1.21 bits per heavy atom. The van der Waals surface area contributed by atoms with Crippen LogP contribution in [0.2, 0.25) is 10.0 Å². The van der Waals surface area contributed by atoms with Gasteiger partial charge in [-0.2, -0.15) is 0 Å². The van der Waals surface area contributed by atoms with Crippen LogP contribution in [0.25, 0.3) is 0 Å². The molecular weight excluding hydrogens is 305 g/mol. The Hall–Kier alpha value is -0.450. The van der Waals surface area contributed by atoms with Crippen molar-refractivity contribution in [3.63, 3.8) is 0 Å². The molecule has 106 valence electrons. The van der Waals surface area contributed by atoms with E-state index in [-0.39, 0.29) is 11.3 Å². The molecule has 3 nitrogen and oxygen atoms in total. The third kappa shape index (κ3) is 4.01. The summed E-state index contributed by atoms with van der Waals surface area (Å²) in [5.41, 5.74) is 0.883. The first kappa shape index (κ1) is 14.9. The van der Waals surface area contributed by atoms with Crippen LogP contribution in [-0.4, -0.2) is 26.0 Å². The minimum absolute atomic E-state index is 0.172. The van der Waals surface area contributed by atoms with Crippen molar-refractivity contribution in [3.8, 4) is 0 Å². The van der Waals surface area contributed by atoms with Crippen molar-refractivity contribution in [1.82, 2.24) is 0 Å². The molecule has 1 aromatic rings. The summed E-state index contributed by atoms with van der Waals surface area (Å²) in [4.78, 5) is 0. The number of sulfone groups is 1. The molecule has 0 bridgehead atoms. The van der Waals surface area contributed by atoms with E-state index in [1.807, 2.05) is 6.07 Å². The average molecular weight is 322 g/mol. The highest BCUT2D eigenvalue weighted by Gasteiger charge is 2.28. The minimum atomic E-state index is -2.95. The van der Waals surface area contributed by atoms with Crippen LogP contribution < -0.4 is 5.32 Å². The summed E-state index contributed by atoms with van der Waals surface area (Å²) in [7, 11) is -2.95. The Bertz CT molecular complexity index is 560. The highest BCUT2D eigenvalue weighted by atomic mass is 35.5. The molecule has 1 aromatic carbocycles. The Kier molecular flexibility index (Phi) is 4.64. The van der Waals surface area contributed by atoms with E-state index in [1.165, 1.54) is 6.26 Å². The first-order valence-electron chi connectivity index (χ1n) is 6.26. The molecule has 1 aliphatic carbocycles. The van der Waals surface area contributed by atoms with E-state index in [1.54, 1.807) is 12.1 Å². The summed E-state index contributed by atoms with van der Waals surface area (Å²) in [6.07, 6.45) is 4.64. The van der Waals surface area contributed by atoms with Crippen molar-refractivity contribution < 1.29 is 8.42 Å². The second-order valence-corrected chi connectivity index (χ2v) is 8.23. The predicted molar refractivity (Wildman–Crippen MR) is 81.0 cm³/mol. The maximum atomic E-state index is 11.6. The first-order valence-corrected chi connectivity index (χ1v) is 8.98. The molecule has 0 heterocycles. The van der Waals surface area contributed by atoms with Crippen molar-refractivity contribution in [3.05, 3.63) is 28.2 Å². The maximum absolute atomic E-state index is 11.6. The molecule has 0 aromatic heterocycles. The molecule has 1 saturated carbocycles. The fourth-order valence-corrected chi connectivity index (χ4v) is 3.96. The number of nitrogens with one attached hydrogen (secondary N) is 1. The van der Waals surface area contributed by atoms with Gasteiger partial charge in [-0.1, -0.05) is 29.6 Å². The van der Waals surface area contributed by atoms with E-state index in [4.69, 9.17) is 23.2 Å². The zero-order chi connectivity index (χ0) is 14.0. The second kappa shape index (κ2) is 5.90. The zero-order valence-electron chi connectivity index (χ0n) is 10.7. The fourth-order valence-electron chi connectivity index (χ4n) is 2.49. The van der Waals surface area contributed by atoms with Crippen molar-refractivity contribution in [2.75, 3.05) is 11.6 Å². The Labute approximate surface area is 124 Å². The number of rotatable bonds is 3. The largest absolute Gasteiger partial charge is 0.382 e. The summed E-state index contributed by atoms with van der Waals surface area (Å²) in [5.74, 6) is 0. The number of anilines is 1. The molecule has 1 fully saturated rings. The second-order valence-electron chi connectivity index (χ2n) is 5.09. The minimum Gasteiger partial charge on any atom is -0.382 e. The number of hydrogen-bond donors (Lipinski definition) is 1. The highest BCUT2D eigenvalue weighted by molar-refractivity contribution is 7.91. The smallest absolute Gasteiger partial charge is 0.150 e. The van der Waals surface area contributed by atoms with Gasteiger partial charge in [-0.3, -0.25) is 0 Å².